The van der Waals surface area contributed by atoms with Gasteiger partial charge in [-0.2, -0.15) is 8.42 Å². The van der Waals surface area contributed by atoms with E-state index in [9.17, 15) is 12.8 Å². The van der Waals surface area contributed by atoms with Gasteiger partial charge in [-0.05, 0) is 36.6 Å². The van der Waals surface area contributed by atoms with Gasteiger partial charge >= 0.3 is 0 Å². The molecule has 0 amide bonds. The van der Waals surface area contributed by atoms with Gasteiger partial charge in [-0.25, -0.2) is 14.3 Å². The lowest BCUT2D eigenvalue weighted by Gasteiger charge is -2.05. The molecule has 0 unspecified atom stereocenters. The summed E-state index contributed by atoms with van der Waals surface area (Å²) in [6, 6.07) is 4.39. The van der Waals surface area contributed by atoms with Crippen molar-refractivity contribution < 1.29 is 12.8 Å². The van der Waals surface area contributed by atoms with E-state index >= 15 is 0 Å². The summed E-state index contributed by atoms with van der Waals surface area (Å²) in [6.45, 7) is 1.99. The zero-order valence-corrected chi connectivity index (χ0v) is 9.14. The number of hydrogen-bond donors (Lipinski definition) is 2. The molecule has 0 aliphatic heterocycles. The second-order valence-electron chi connectivity index (χ2n) is 3.26. The van der Waals surface area contributed by atoms with Gasteiger partial charge in [0, 0.05) is 6.54 Å². The number of rotatable bonds is 4. The van der Waals surface area contributed by atoms with Crippen LogP contribution in [-0.2, 0) is 16.6 Å². The van der Waals surface area contributed by atoms with E-state index in [2.05, 4.69) is 4.72 Å². The Labute approximate surface area is 88.5 Å². The van der Waals surface area contributed by atoms with Crippen molar-refractivity contribution in [2.45, 2.75) is 13.3 Å². The number of halogens is 1. The fourth-order valence-electron chi connectivity index (χ4n) is 1.27. The van der Waals surface area contributed by atoms with Gasteiger partial charge in [-0.15, -0.1) is 0 Å². The van der Waals surface area contributed by atoms with Gasteiger partial charge in [0.2, 0.25) is 0 Å². The highest BCUT2D eigenvalue weighted by Gasteiger charge is 2.03. The van der Waals surface area contributed by atoms with E-state index < -0.39 is 10.2 Å². The van der Waals surface area contributed by atoms with Crippen LogP contribution in [-0.4, -0.2) is 15.0 Å². The van der Waals surface area contributed by atoms with Crippen LogP contribution >= 0.6 is 0 Å². The molecule has 0 fully saturated rings. The van der Waals surface area contributed by atoms with Crippen molar-refractivity contribution in [2.24, 2.45) is 5.14 Å². The molecular weight excluding hydrogens is 219 g/mol. The summed E-state index contributed by atoms with van der Waals surface area (Å²) in [5.41, 5.74) is 1.69. The normalized spacial score (nSPS) is 11.7. The average Bonchev–Trinajstić information content (AvgIpc) is 2.07. The van der Waals surface area contributed by atoms with Gasteiger partial charge in [0.1, 0.15) is 5.82 Å². The Morgan fingerprint density at radius 2 is 2.13 bits per heavy atom. The minimum atomic E-state index is -3.64. The van der Waals surface area contributed by atoms with Crippen LogP contribution in [0.4, 0.5) is 4.39 Å². The molecule has 0 spiro atoms. The number of benzene rings is 1. The van der Waals surface area contributed by atoms with Crippen molar-refractivity contribution in [3.63, 3.8) is 0 Å². The maximum atomic E-state index is 12.7. The molecular formula is C9H13FN2O2S. The summed E-state index contributed by atoms with van der Waals surface area (Å²) < 4.78 is 36.0. The van der Waals surface area contributed by atoms with Crippen LogP contribution in [0.15, 0.2) is 18.2 Å². The first-order valence-corrected chi connectivity index (χ1v) is 5.95. The predicted octanol–water partition coefficient (Wildman–Crippen LogP) is 0.470. The van der Waals surface area contributed by atoms with Crippen LogP contribution in [0.2, 0.25) is 0 Å². The molecule has 6 heteroatoms. The van der Waals surface area contributed by atoms with Crippen LogP contribution in [0.3, 0.4) is 0 Å². The van der Waals surface area contributed by atoms with E-state index in [1.807, 2.05) is 0 Å². The van der Waals surface area contributed by atoms with Crippen LogP contribution in [0.1, 0.15) is 11.1 Å². The molecule has 0 bridgehead atoms. The standard InChI is InChI=1S/C9H13FN2O2S/c1-7-6-9(10)3-2-8(7)4-5-12-15(11,13)14/h2-3,6,12H,4-5H2,1H3,(H2,11,13,14). The first kappa shape index (κ1) is 12.1. The molecule has 0 saturated carbocycles. The van der Waals surface area contributed by atoms with E-state index in [0.29, 0.717) is 6.42 Å². The maximum Gasteiger partial charge on any atom is 0.274 e. The molecule has 0 atom stereocenters. The van der Waals surface area contributed by atoms with Crippen molar-refractivity contribution >= 4 is 10.2 Å². The Morgan fingerprint density at radius 3 is 2.67 bits per heavy atom. The maximum absolute atomic E-state index is 12.7. The van der Waals surface area contributed by atoms with Crippen LogP contribution in [0.5, 0.6) is 0 Å². The zero-order valence-electron chi connectivity index (χ0n) is 8.33. The third-order valence-corrected chi connectivity index (χ3v) is 2.61. The zero-order chi connectivity index (χ0) is 11.5. The molecule has 0 aromatic heterocycles. The molecule has 0 aliphatic carbocycles. The molecule has 0 saturated heterocycles. The van der Waals surface area contributed by atoms with Crippen molar-refractivity contribution in [3.8, 4) is 0 Å². The lowest BCUT2D eigenvalue weighted by Crippen LogP contribution is -2.32. The first-order valence-electron chi connectivity index (χ1n) is 4.41. The topological polar surface area (TPSA) is 72.2 Å². The molecule has 1 aromatic rings. The molecule has 15 heavy (non-hydrogen) atoms. The van der Waals surface area contributed by atoms with Crippen molar-refractivity contribution in [1.29, 1.82) is 0 Å². The Bertz CT molecular complexity index is 445. The second kappa shape index (κ2) is 4.69. The lowest BCUT2D eigenvalue weighted by atomic mass is 10.1. The predicted molar refractivity (Wildman–Crippen MR) is 56.0 cm³/mol. The van der Waals surface area contributed by atoms with Crippen LogP contribution < -0.4 is 9.86 Å². The Kier molecular flexibility index (Phi) is 3.78. The summed E-state index contributed by atoms with van der Waals surface area (Å²) in [5.74, 6) is -0.296. The Morgan fingerprint density at radius 1 is 1.47 bits per heavy atom. The van der Waals surface area contributed by atoms with E-state index in [1.54, 1.807) is 13.0 Å². The van der Waals surface area contributed by atoms with Gasteiger partial charge in [-0.1, -0.05) is 6.07 Å². The highest BCUT2D eigenvalue weighted by molar-refractivity contribution is 7.87. The van der Waals surface area contributed by atoms with Crippen molar-refractivity contribution in [2.75, 3.05) is 6.54 Å². The summed E-state index contributed by atoms with van der Waals surface area (Å²) in [7, 11) is -3.64. The van der Waals surface area contributed by atoms with Gasteiger partial charge in [0.15, 0.2) is 0 Å². The molecule has 0 aliphatic rings. The van der Waals surface area contributed by atoms with E-state index in [1.165, 1.54) is 12.1 Å². The van der Waals surface area contributed by atoms with Gasteiger partial charge in [0.25, 0.3) is 10.2 Å². The van der Waals surface area contributed by atoms with Crippen LogP contribution in [0.25, 0.3) is 0 Å². The fourth-order valence-corrected chi connectivity index (χ4v) is 1.65. The molecule has 0 radical (unpaired) electrons. The fraction of sp³-hybridized carbons (Fsp3) is 0.333. The van der Waals surface area contributed by atoms with E-state index in [-0.39, 0.29) is 12.4 Å². The highest BCUT2D eigenvalue weighted by atomic mass is 32.2. The number of aryl methyl sites for hydroxylation is 1. The highest BCUT2D eigenvalue weighted by Crippen LogP contribution is 2.10. The van der Waals surface area contributed by atoms with E-state index in [0.717, 1.165) is 11.1 Å². The van der Waals surface area contributed by atoms with Gasteiger partial charge in [0.05, 0.1) is 0 Å². The summed E-state index contributed by atoms with van der Waals surface area (Å²) in [6.07, 6.45) is 0.489. The number of hydrogen-bond acceptors (Lipinski definition) is 2. The van der Waals surface area contributed by atoms with Crippen LogP contribution in [0, 0.1) is 12.7 Å². The largest absolute Gasteiger partial charge is 0.274 e. The Balaban J connectivity index is 2.59. The first-order chi connectivity index (χ1) is 6.88. The molecule has 0 heterocycles. The smallest absolute Gasteiger partial charge is 0.216 e. The minimum Gasteiger partial charge on any atom is -0.216 e. The van der Waals surface area contributed by atoms with Crippen molar-refractivity contribution in [1.82, 2.24) is 4.72 Å². The summed E-state index contributed by atoms with van der Waals surface area (Å²) in [4.78, 5) is 0. The minimum absolute atomic E-state index is 0.214. The quantitative estimate of drug-likeness (QED) is 0.792. The average molecular weight is 232 g/mol. The Hall–Kier alpha value is -0.980. The molecule has 4 nitrogen and oxygen atoms in total. The third-order valence-electron chi connectivity index (χ3n) is 2.00. The lowest BCUT2D eigenvalue weighted by molar-refractivity contribution is 0.583. The molecule has 84 valence electrons. The number of nitrogens with two attached hydrogens (primary N) is 1. The molecule has 1 rings (SSSR count). The molecule has 1 aromatic carbocycles. The van der Waals surface area contributed by atoms with Crippen molar-refractivity contribution in [3.05, 3.63) is 35.1 Å². The number of nitrogens with one attached hydrogen (secondary N) is 1. The van der Waals surface area contributed by atoms with Gasteiger partial charge in [-0.3, -0.25) is 0 Å². The summed E-state index contributed by atoms with van der Waals surface area (Å²) >= 11 is 0. The van der Waals surface area contributed by atoms with E-state index in [4.69, 9.17) is 5.14 Å². The SMILES string of the molecule is Cc1cc(F)ccc1CCNS(N)(=O)=O. The third kappa shape index (κ3) is 4.37. The monoisotopic (exact) mass is 232 g/mol. The molecule has 3 N–H and O–H groups in total. The summed E-state index contributed by atoms with van der Waals surface area (Å²) in [5, 5.41) is 4.76. The van der Waals surface area contributed by atoms with Gasteiger partial charge < -0.3 is 0 Å². The second-order valence-corrected chi connectivity index (χ2v) is 4.64.